The first kappa shape index (κ1) is 21.8. The normalized spacial score (nSPS) is 14.2. The minimum Gasteiger partial charge on any atom is -0.497 e. The van der Waals surface area contributed by atoms with Gasteiger partial charge in [-0.2, -0.15) is 4.98 Å². The zero-order valence-electron chi connectivity index (χ0n) is 18.9. The van der Waals surface area contributed by atoms with Crippen molar-refractivity contribution in [2.75, 3.05) is 33.4 Å². The molecule has 34 heavy (non-hydrogen) atoms. The van der Waals surface area contributed by atoms with Crippen LogP contribution in [0.15, 0.2) is 53.3 Å². The van der Waals surface area contributed by atoms with Crippen molar-refractivity contribution in [1.82, 2.24) is 24.6 Å². The number of nitrogens with zero attached hydrogens (tertiary/aromatic N) is 5. The fourth-order valence-corrected chi connectivity index (χ4v) is 3.87. The molecule has 9 nitrogen and oxygen atoms in total. The number of ether oxygens (including phenoxy) is 2. The number of hydrogen-bond acceptors (Lipinski definition) is 7. The summed E-state index contributed by atoms with van der Waals surface area (Å²) in [4.78, 5) is 23.3. The van der Waals surface area contributed by atoms with Crippen LogP contribution in [0.2, 0.25) is 0 Å². The Hall–Kier alpha value is -3.98. The highest BCUT2D eigenvalue weighted by molar-refractivity contribution is 5.81. The SMILES string of the molecule is COc1ccc(C=Cc2nc(-c3ccc4c(c3)ncn4CCC(=O)N3CCOCC3)no2)cc1. The molecule has 0 aliphatic carbocycles. The lowest BCUT2D eigenvalue weighted by Gasteiger charge is -2.26. The molecule has 0 bridgehead atoms. The second-order valence-corrected chi connectivity index (χ2v) is 7.95. The number of hydrogen-bond donors (Lipinski definition) is 0. The number of imidazole rings is 1. The number of carbonyl (C=O) groups excluding carboxylic acids is 1. The number of methoxy groups -OCH3 is 1. The monoisotopic (exact) mass is 459 g/mol. The van der Waals surface area contributed by atoms with Crippen LogP contribution in [0, 0.1) is 0 Å². The fraction of sp³-hybridized carbons (Fsp3) is 0.280. The first-order valence-corrected chi connectivity index (χ1v) is 11.2. The van der Waals surface area contributed by atoms with Crippen LogP contribution in [-0.4, -0.2) is 63.9 Å². The second kappa shape index (κ2) is 9.88. The van der Waals surface area contributed by atoms with Gasteiger partial charge in [0, 0.05) is 37.7 Å². The molecule has 2 aromatic heterocycles. The maximum absolute atomic E-state index is 12.4. The van der Waals surface area contributed by atoms with Crippen LogP contribution in [0.5, 0.6) is 5.75 Å². The average Bonchev–Trinajstić information content (AvgIpc) is 3.53. The van der Waals surface area contributed by atoms with Crippen molar-refractivity contribution in [1.29, 1.82) is 0 Å². The van der Waals surface area contributed by atoms with Gasteiger partial charge in [-0.25, -0.2) is 4.98 Å². The minimum atomic E-state index is 0.142. The van der Waals surface area contributed by atoms with E-state index in [0.29, 0.717) is 51.0 Å². The van der Waals surface area contributed by atoms with E-state index >= 15 is 0 Å². The van der Waals surface area contributed by atoms with Gasteiger partial charge in [0.15, 0.2) is 0 Å². The van der Waals surface area contributed by atoms with Gasteiger partial charge in [-0.05, 0) is 42.0 Å². The van der Waals surface area contributed by atoms with E-state index in [-0.39, 0.29) is 5.91 Å². The highest BCUT2D eigenvalue weighted by atomic mass is 16.5. The van der Waals surface area contributed by atoms with Crippen molar-refractivity contribution < 1.29 is 18.8 Å². The average molecular weight is 460 g/mol. The lowest BCUT2D eigenvalue weighted by atomic mass is 10.2. The van der Waals surface area contributed by atoms with Crippen molar-refractivity contribution in [3.05, 3.63) is 60.2 Å². The molecule has 0 saturated carbocycles. The van der Waals surface area contributed by atoms with E-state index in [2.05, 4.69) is 15.1 Å². The molecular formula is C25H25N5O4. The third-order valence-corrected chi connectivity index (χ3v) is 5.79. The van der Waals surface area contributed by atoms with E-state index in [9.17, 15) is 4.79 Å². The van der Waals surface area contributed by atoms with E-state index in [1.165, 1.54) is 0 Å². The Morgan fingerprint density at radius 1 is 1.12 bits per heavy atom. The second-order valence-electron chi connectivity index (χ2n) is 7.95. The number of benzene rings is 2. The van der Waals surface area contributed by atoms with Crippen LogP contribution in [0.1, 0.15) is 17.9 Å². The number of aromatic nitrogens is 4. The van der Waals surface area contributed by atoms with Crippen molar-refractivity contribution in [2.45, 2.75) is 13.0 Å². The summed E-state index contributed by atoms with van der Waals surface area (Å²) in [5.74, 6) is 1.86. The van der Waals surface area contributed by atoms with Crippen LogP contribution < -0.4 is 4.74 Å². The number of rotatable bonds is 7. The molecular weight excluding hydrogens is 434 g/mol. The van der Waals surface area contributed by atoms with E-state index in [1.807, 2.05) is 58.0 Å². The molecule has 174 valence electrons. The summed E-state index contributed by atoms with van der Waals surface area (Å²) in [6.07, 6.45) is 5.87. The summed E-state index contributed by atoms with van der Waals surface area (Å²) in [6, 6.07) is 13.5. The summed E-state index contributed by atoms with van der Waals surface area (Å²) in [5.41, 5.74) is 3.59. The molecule has 1 aliphatic heterocycles. The first-order valence-electron chi connectivity index (χ1n) is 11.2. The summed E-state index contributed by atoms with van der Waals surface area (Å²) in [6.45, 7) is 3.12. The Kier molecular flexibility index (Phi) is 6.35. The quantitative estimate of drug-likeness (QED) is 0.417. The molecule has 3 heterocycles. The number of morpholine rings is 1. The largest absolute Gasteiger partial charge is 0.497 e. The van der Waals surface area contributed by atoms with E-state index in [1.54, 1.807) is 19.5 Å². The molecule has 0 unspecified atom stereocenters. The van der Waals surface area contributed by atoms with Crippen LogP contribution in [0.25, 0.3) is 34.6 Å². The maximum Gasteiger partial charge on any atom is 0.250 e. The summed E-state index contributed by atoms with van der Waals surface area (Å²) in [5, 5.41) is 4.10. The molecule has 9 heteroatoms. The number of amides is 1. The standard InChI is InChI=1S/C25H25N5O4/c1-32-20-6-2-18(3-7-20)4-9-23-27-25(28-34-23)19-5-8-22-21(16-19)26-17-30(22)11-10-24(31)29-12-14-33-15-13-29/h2-9,16-17H,10-15H2,1H3. The van der Waals surface area contributed by atoms with E-state index < -0.39 is 0 Å². The van der Waals surface area contributed by atoms with Gasteiger partial charge in [0.05, 0.1) is 37.7 Å². The first-order chi connectivity index (χ1) is 16.7. The summed E-state index contributed by atoms with van der Waals surface area (Å²) in [7, 11) is 1.64. The van der Waals surface area contributed by atoms with E-state index in [4.69, 9.17) is 14.0 Å². The third kappa shape index (κ3) is 4.84. The van der Waals surface area contributed by atoms with Crippen LogP contribution in [-0.2, 0) is 16.1 Å². The lowest BCUT2D eigenvalue weighted by molar-refractivity contribution is -0.135. The highest BCUT2D eigenvalue weighted by Crippen LogP contribution is 2.23. The molecule has 4 aromatic rings. The molecule has 0 spiro atoms. The Morgan fingerprint density at radius 2 is 1.94 bits per heavy atom. The van der Waals surface area contributed by atoms with Gasteiger partial charge in [0.1, 0.15) is 5.75 Å². The Labute approximate surface area is 196 Å². The molecule has 1 amide bonds. The molecule has 5 rings (SSSR count). The molecule has 1 aliphatic rings. The van der Waals surface area contributed by atoms with Crippen LogP contribution in [0.3, 0.4) is 0 Å². The van der Waals surface area contributed by atoms with Crippen molar-refractivity contribution >= 4 is 29.1 Å². The predicted molar refractivity (Wildman–Crippen MR) is 127 cm³/mol. The Bertz CT molecular complexity index is 1300. The molecule has 1 saturated heterocycles. The Morgan fingerprint density at radius 3 is 2.74 bits per heavy atom. The van der Waals surface area contributed by atoms with Gasteiger partial charge in [-0.1, -0.05) is 17.3 Å². The number of fused-ring (bicyclic) bond motifs is 1. The van der Waals surface area contributed by atoms with Gasteiger partial charge in [-0.3, -0.25) is 4.79 Å². The Balaban J connectivity index is 1.25. The van der Waals surface area contributed by atoms with E-state index in [0.717, 1.165) is 27.9 Å². The van der Waals surface area contributed by atoms with Gasteiger partial charge in [0.2, 0.25) is 11.7 Å². The minimum absolute atomic E-state index is 0.142. The summed E-state index contributed by atoms with van der Waals surface area (Å²) < 4.78 is 17.9. The van der Waals surface area contributed by atoms with Gasteiger partial charge >= 0.3 is 0 Å². The van der Waals surface area contributed by atoms with Crippen LogP contribution >= 0.6 is 0 Å². The lowest BCUT2D eigenvalue weighted by Crippen LogP contribution is -2.40. The van der Waals surface area contributed by atoms with Crippen molar-refractivity contribution in [2.24, 2.45) is 0 Å². The smallest absolute Gasteiger partial charge is 0.250 e. The maximum atomic E-state index is 12.4. The zero-order chi connectivity index (χ0) is 23.3. The van der Waals surface area contributed by atoms with Gasteiger partial charge < -0.3 is 23.5 Å². The fourth-order valence-electron chi connectivity index (χ4n) is 3.87. The topological polar surface area (TPSA) is 95.5 Å². The van der Waals surface area contributed by atoms with Crippen molar-refractivity contribution in [3.8, 4) is 17.1 Å². The van der Waals surface area contributed by atoms with Crippen LogP contribution in [0.4, 0.5) is 0 Å². The highest BCUT2D eigenvalue weighted by Gasteiger charge is 2.17. The zero-order valence-corrected chi connectivity index (χ0v) is 18.9. The molecule has 0 N–H and O–H groups in total. The number of aryl methyl sites for hydroxylation is 1. The molecule has 0 atom stereocenters. The molecule has 1 fully saturated rings. The predicted octanol–water partition coefficient (Wildman–Crippen LogP) is 3.51. The third-order valence-electron chi connectivity index (χ3n) is 5.79. The summed E-state index contributed by atoms with van der Waals surface area (Å²) >= 11 is 0. The molecule has 0 radical (unpaired) electrons. The van der Waals surface area contributed by atoms with Crippen molar-refractivity contribution in [3.63, 3.8) is 0 Å². The van der Waals surface area contributed by atoms with Gasteiger partial charge in [0.25, 0.3) is 5.89 Å². The molecule has 2 aromatic carbocycles. The van der Waals surface area contributed by atoms with Gasteiger partial charge in [-0.15, -0.1) is 0 Å². The number of carbonyl (C=O) groups is 1.